The second kappa shape index (κ2) is 6.19. The van der Waals surface area contributed by atoms with Crippen molar-refractivity contribution in [3.63, 3.8) is 0 Å². The molecular formula is C17H22N2. The molecule has 19 heavy (non-hydrogen) atoms. The van der Waals surface area contributed by atoms with Crippen molar-refractivity contribution in [3.8, 4) is 0 Å². The summed E-state index contributed by atoms with van der Waals surface area (Å²) in [5.74, 6) is 0.908. The Hall–Kier alpha value is -2.09. The van der Waals surface area contributed by atoms with Gasteiger partial charge in [0.2, 0.25) is 0 Å². The molecule has 1 aromatic carbocycles. The van der Waals surface area contributed by atoms with E-state index in [2.05, 4.69) is 52.8 Å². The van der Waals surface area contributed by atoms with Gasteiger partial charge in [0.05, 0.1) is 5.52 Å². The summed E-state index contributed by atoms with van der Waals surface area (Å²) in [6.45, 7) is 4.00. The third-order valence-electron chi connectivity index (χ3n) is 3.05. The quantitative estimate of drug-likeness (QED) is 0.825. The zero-order valence-electron chi connectivity index (χ0n) is 11.8. The van der Waals surface area contributed by atoms with E-state index in [9.17, 15) is 0 Å². The Bertz CT molecular complexity index is 630. The van der Waals surface area contributed by atoms with E-state index in [-0.39, 0.29) is 1.43 Å². The number of nitrogens with one attached hydrogen (secondary N) is 1. The molecule has 1 aromatic heterocycles. The smallest absolute Gasteiger partial charge is 0.126 e. The van der Waals surface area contributed by atoms with Gasteiger partial charge < -0.3 is 5.32 Å². The maximum absolute atomic E-state index is 4.56. The molecule has 1 heterocycles. The first-order valence-electron chi connectivity index (χ1n) is 6.82. The molecule has 0 radical (unpaired) electrons. The zero-order chi connectivity index (χ0) is 13.7. The third kappa shape index (κ3) is 2.84. The van der Waals surface area contributed by atoms with Crippen LogP contribution in [0.5, 0.6) is 0 Å². The highest BCUT2D eigenvalue weighted by Gasteiger charge is 2.04. The van der Waals surface area contributed by atoms with E-state index in [1.54, 1.807) is 0 Å². The van der Waals surface area contributed by atoms with Crippen LogP contribution in [0.4, 0.5) is 5.82 Å². The van der Waals surface area contributed by atoms with Crippen molar-refractivity contribution in [3.05, 3.63) is 54.1 Å². The lowest BCUT2D eigenvalue weighted by atomic mass is 10.0. The van der Waals surface area contributed by atoms with Crippen molar-refractivity contribution < 1.29 is 1.43 Å². The van der Waals surface area contributed by atoms with Crippen LogP contribution in [0.25, 0.3) is 16.5 Å². The fourth-order valence-corrected chi connectivity index (χ4v) is 2.11. The highest BCUT2D eigenvalue weighted by atomic mass is 15.0. The number of nitrogens with zero attached hydrogens (tertiary/aromatic N) is 1. The van der Waals surface area contributed by atoms with Gasteiger partial charge in [-0.05, 0) is 35.8 Å². The molecule has 0 fully saturated rings. The van der Waals surface area contributed by atoms with Crippen molar-refractivity contribution in [2.75, 3.05) is 12.4 Å². The summed E-state index contributed by atoms with van der Waals surface area (Å²) >= 11 is 0. The van der Waals surface area contributed by atoms with Crippen LogP contribution < -0.4 is 5.32 Å². The van der Waals surface area contributed by atoms with Gasteiger partial charge in [-0.1, -0.05) is 44.2 Å². The van der Waals surface area contributed by atoms with E-state index in [1.807, 2.05) is 27.0 Å². The van der Waals surface area contributed by atoms with Crippen molar-refractivity contribution in [2.24, 2.45) is 0 Å². The average Bonchev–Trinajstić information content (AvgIpc) is 3.02. The molecule has 0 atom stereocenters. The predicted molar refractivity (Wildman–Crippen MR) is 86.5 cm³/mol. The molecule has 2 heteroatoms. The zero-order valence-corrected chi connectivity index (χ0v) is 11.8. The maximum atomic E-state index is 4.56. The van der Waals surface area contributed by atoms with Gasteiger partial charge >= 0.3 is 0 Å². The first-order chi connectivity index (χ1) is 9.36. The summed E-state index contributed by atoms with van der Waals surface area (Å²) in [5, 5.41) is 4.24. The largest absolute Gasteiger partial charge is 0.373 e. The lowest BCUT2D eigenvalue weighted by Gasteiger charge is -2.05. The van der Waals surface area contributed by atoms with Crippen LogP contribution in [0.2, 0.25) is 0 Å². The molecule has 0 bridgehead atoms. The Morgan fingerprint density at radius 3 is 2.63 bits per heavy atom. The Balaban J connectivity index is 0.000000639. The van der Waals surface area contributed by atoms with Gasteiger partial charge in [0, 0.05) is 13.9 Å². The second-order valence-electron chi connectivity index (χ2n) is 4.15. The number of rotatable bonds is 2. The van der Waals surface area contributed by atoms with E-state index >= 15 is 0 Å². The van der Waals surface area contributed by atoms with Crippen LogP contribution in [-0.4, -0.2) is 12.0 Å². The van der Waals surface area contributed by atoms with Gasteiger partial charge in [0.1, 0.15) is 5.82 Å². The molecule has 0 aliphatic heterocycles. The lowest BCUT2D eigenvalue weighted by Crippen LogP contribution is -1.92. The number of allylic oxidation sites excluding steroid dienone is 4. The molecule has 1 N–H and O–H groups in total. The molecule has 0 unspecified atom stereocenters. The number of aromatic nitrogens is 1. The number of benzene rings is 1. The highest BCUT2D eigenvalue weighted by Crippen LogP contribution is 2.25. The van der Waals surface area contributed by atoms with Crippen molar-refractivity contribution >= 4 is 22.3 Å². The van der Waals surface area contributed by atoms with Crippen LogP contribution in [0.15, 0.2) is 48.6 Å². The highest BCUT2D eigenvalue weighted by molar-refractivity contribution is 5.86. The fourth-order valence-electron chi connectivity index (χ4n) is 2.11. The van der Waals surface area contributed by atoms with Crippen LogP contribution in [0, 0.1) is 0 Å². The molecule has 100 valence electrons. The third-order valence-corrected chi connectivity index (χ3v) is 3.05. The standard InChI is InChI=1S/C15H14N2.C2H6.H2/c1-16-15-9-8-12-6-7-13(10-14(12)17-15)11-4-2-3-5-11;1-2;/h2,4-10H,3H2,1H3,(H,16,17);1-2H3;1H. The Morgan fingerprint density at radius 1 is 1.16 bits per heavy atom. The number of anilines is 1. The van der Waals surface area contributed by atoms with Crippen LogP contribution in [0.1, 0.15) is 27.3 Å². The van der Waals surface area contributed by atoms with Gasteiger partial charge in [-0.3, -0.25) is 0 Å². The van der Waals surface area contributed by atoms with E-state index in [0.717, 1.165) is 17.8 Å². The summed E-state index contributed by atoms with van der Waals surface area (Å²) in [5.41, 5.74) is 3.58. The average molecular weight is 254 g/mol. The second-order valence-corrected chi connectivity index (χ2v) is 4.15. The molecule has 1 aliphatic carbocycles. The summed E-state index contributed by atoms with van der Waals surface area (Å²) in [4.78, 5) is 4.56. The molecule has 2 aromatic rings. The Labute approximate surface area is 116 Å². The van der Waals surface area contributed by atoms with Crippen LogP contribution in [-0.2, 0) is 0 Å². The number of fused-ring (bicyclic) bond motifs is 1. The van der Waals surface area contributed by atoms with Gasteiger partial charge in [-0.15, -0.1) is 0 Å². The molecule has 0 amide bonds. The summed E-state index contributed by atoms with van der Waals surface area (Å²) in [6.07, 6.45) is 7.63. The van der Waals surface area contributed by atoms with E-state index in [4.69, 9.17) is 0 Å². The van der Waals surface area contributed by atoms with Gasteiger partial charge in [0.15, 0.2) is 0 Å². The molecule has 2 nitrogen and oxygen atoms in total. The van der Waals surface area contributed by atoms with Crippen LogP contribution >= 0.6 is 0 Å². The van der Waals surface area contributed by atoms with Gasteiger partial charge in [0.25, 0.3) is 0 Å². The van der Waals surface area contributed by atoms with E-state index in [1.165, 1.54) is 16.5 Å². The Kier molecular flexibility index (Phi) is 4.35. The van der Waals surface area contributed by atoms with E-state index in [0.29, 0.717) is 0 Å². The normalized spacial score (nSPS) is 12.9. The topological polar surface area (TPSA) is 24.9 Å². The number of hydrogen-bond acceptors (Lipinski definition) is 2. The van der Waals surface area contributed by atoms with Gasteiger partial charge in [-0.25, -0.2) is 4.98 Å². The molecular weight excluding hydrogens is 232 g/mol. The monoisotopic (exact) mass is 254 g/mol. The summed E-state index contributed by atoms with van der Waals surface area (Å²) in [7, 11) is 1.89. The fraction of sp³-hybridized carbons (Fsp3) is 0.235. The minimum Gasteiger partial charge on any atom is -0.373 e. The summed E-state index contributed by atoms with van der Waals surface area (Å²) in [6, 6.07) is 10.5. The maximum Gasteiger partial charge on any atom is 0.126 e. The van der Waals surface area contributed by atoms with Crippen molar-refractivity contribution in [2.45, 2.75) is 20.3 Å². The minimum atomic E-state index is 0. The van der Waals surface area contributed by atoms with Crippen molar-refractivity contribution in [1.82, 2.24) is 4.98 Å². The van der Waals surface area contributed by atoms with Gasteiger partial charge in [-0.2, -0.15) is 0 Å². The van der Waals surface area contributed by atoms with Crippen molar-refractivity contribution in [1.29, 1.82) is 0 Å². The SMILES string of the molecule is CC.CNc1ccc2ccc(C3=CCC=C3)cc2n1.[HH]. The van der Waals surface area contributed by atoms with Crippen LogP contribution in [0.3, 0.4) is 0 Å². The van der Waals surface area contributed by atoms with E-state index < -0.39 is 0 Å². The molecule has 1 aliphatic rings. The predicted octanol–water partition coefficient (Wildman–Crippen LogP) is 4.89. The minimum absolute atomic E-state index is 0. The molecule has 3 rings (SSSR count). The number of hydrogen-bond donors (Lipinski definition) is 1. The summed E-state index contributed by atoms with van der Waals surface area (Å²) < 4.78 is 0. The Morgan fingerprint density at radius 2 is 1.95 bits per heavy atom. The molecule has 0 saturated carbocycles. The first kappa shape index (κ1) is 13.3. The molecule has 0 spiro atoms. The first-order valence-corrected chi connectivity index (χ1v) is 6.82. The molecule has 0 saturated heterocycles. The lowest BCUT2D eigenvalue weighted by molar-refractivity contribution is 1.34. The number of pyridine rings is 1.